The van der Waals surface area contributed by atoms with Crippen molar-refractivity contribution in [3.63, 3.8) is 0 Å². The first-order chi connectivity index (χ1) is 11.0. The average Bonchev–Trinajstić information content (AvgIpc) is 3.11. The molecule has 8 heteroatoms. The number of benzene rings is 1. The second-order valence-corrected chi connectivity index (χ2v) is 6.32. The van der Waals surface area contributed by atoms with E-state index in [4.69, 9.17) is 0 Å². The third kappa shape index (κ3) is 3.59. The molecule has 0 bridgehead atoms. The largest absolute Gasteiger partial charge is 0.434 e. The molecule has 6 nitrogen and oxygen atoms in total. The molecule has 2 saturated heterocycles. The van der Waals surface area contributed by atoms with Gasteiger partial charge in [-0.3, -0.25) is 15.0 Å². The first-order valence-electron chi connectivity index (χ1n) is 7.63. The van der Waals surface area contributed by atoms with E-state index in [0.717, 1.165) is 39.0 Å². The highest BCUT2D eigenvalue weighted by molar-refractivity contribution is 5.44. The van der Waals surface area contributed by atoms with Crippen LogP contribution in [0.15, 0.2) is 18.2 Å². The molecule has 2 aliphatic rings. The summed E-state index contributed by atoms with van der Waals surface area (Å²) in [7, 11) is 0. The zero-order valence-electron chi connectivity index (χ0n) is 12.6. The molecule has 2 heterocycles. The number of halogens is 2. The highest BCUT2D eigenvalue weighted by Crippen LogP contribution is 2.37. The molecular formula is C15H19F2N3O3. The van der Waals surface area contributed by atoms with Crippen LogP contribution in [0.2, 0.25) is 0 Å². The number of nitrogens with zero attached hydrogens (tertiary/aromatic N) is 2. The molecule has 1 unspecified atom stereocenters. The summed E-state index contributed by atoms with van der Waals surface area (Å²) in [6, 6.07) is 3.77. The van der Waals surface area contributed by atoms with Crippen LogP contribution in [-0.4, -0.2) is 42.6 Å². The van der Waals surface area contributed by atoms with Crippen molar-refractivity contribution in [2.75, 3.05) is 26.2 Å². The number of nitro groups is 1. The SMILES string of the molecule is O=[N+]([O-])c1ccc(OC(F)F)c(CN2CCC3(CCNC3)C2)c1. The van der Waals surface area contributed by atoms with E-state index in [1.807, 2.05) is 0 Å². The van der Waals surface area contributed by atoms with Crippen LogP contribution in [0.3, 0.4) is 0 Å². The molecule has 0 aromatic heterocycles. The summed E-state index contributed by atoms with van der Waals surface area (Å²) in [5, 5.41) is 14.3. The third-order valence-corrected chi connectivity index (χ3v) is 4.71. The predicted octanol–water partition coefficient (Wildman–Crippen LogP) is 2.38. The van der Waals surface area contributed by atoms with Gasteiger partial charge in [0.25, 0.3) is 5.69 Å². The Labute approximate surface area is 132 Å². The lowest BCUT2D eigenvalue weighted by Gasteiger charge is -2.23. The van der Waals surface area contributed by atoms with Crippen molar-refractivity contribution < 1.29 is 18.4 Å². The maximum absolute atomic E-state index is 12.5. The first kappa shape index (κ1) is 16.1. The molecule has 2 fully saturated rings. The van der Waals surface area contributed by atoms with Gasteiger partial charge >= 0.3 is 6.61 Å². The molecule has 23 heavy (non-hydrogen) atoms. The maximum atomic E-state index is 12.5. The van der Waals surface area contributed by atoms with Gasteiger partial charge in [-0.1, -0.05) is 0 Å². The molecule has 0 amide bonds. The highest BCUT2D eigenvalue weighted by atomic mass is 19.3. The number of rotatable bonds is 5. The fourth-order valence-electron chi connectivity index (χ4n) is 3.56. The van der Waals surface area contributed by atoms with Gasteiger partial charge < -0.3 is 10.1 Å². The van der Waals surface area contributed by atoms with E-state index in [1.165, 1.54) is 18.2 Å². The Balaban J connectivity index is 1.77. The summed E-state index contributed by atoms with van der Waals surface area (Å²) in [4.78, 5) is 12.6. The highest BCUT2D eigenvalue weighted by Gasteiger charge is 2.40. The Kier molecular flexibility index (Phi) is 4.45. The molecule has 0 radical (unpaired) electrons. The molecule has 3 rings (SSSR count). The second-order valence-electron chi connectivity index (χ2n) is 6.32. The third-order valence-electron chi connectivity index (χ3n) is 4.71. The second kappa shape index (κ2) is 6.37. The lowest BCUT2D eigenvalue weighted by Crippen LogP contribution is -2.29. The van der Waals surface area contributed by atoms with E-state index in [2.05, 4.69) is 15.0 Å². The Bertz CT molecular complexity index is 591. The molecule has 1 spiro atoms. The summed E-state index contributed by atoms with van der Waals surface area (Å²) in [5.41, 5.74) is 0.574. The monoisotopic (exact) mass is 327 g/mol. The summed E-state index contributed by atoms with van der Waals surface area (Å²) < 4.78 is 29.6. The minimum atomic E-state index is -2.95. The Hall–Kier alpha value is -1.80. The van der Waals surface area contributed by atoms with Crippen molar-refractivity contribution in [3.8, 4) is 5.75 Å². The molecule has 1 aromatic carbocycles. The normalized spacial score (nSPS) is 24.7. The number of nitro benzene ring substituents is 1. The van der Waals surface area contributed by atoms with E-state index in [1.54, 1.807) is 0 Å². The van der Waals surface area contributed by atoms with Crippen molar-refractivity contribution in [3.05, 3.63) is 33.9 Å². The predicted molar refractivity (Wildman–Crippen MR) is 79.5 cm³/mol. The molecular weight excluding hydrogens is 308 g/mol. The van der Waals surface area contributed by atoms with E-state index in [0.29, 0.717) is 12.1 Å². The van der Waals surface area contributed by atoms with Gasteiger partial charge in [-0.15, -0.1) is 0 Å². The number of nitrogens with one attached hydrogen (secondary N) is 1. The number of hydrogen-bond acceptors (Lipinski definition) is 5. The van der Waals surface area contributed by atoms with E-state index in [-0.39, 0.29) is 16.9 Å². The van der Waals surface area contributed by atoms with Crippen LogP contribution < -0.4 is 10.1 Å². The number of non-ortho nitro benzene ring substituents is 1. The summed E-state index contributed by atoms with van der Waals surface area (Å²) >= 11 is 0. The van der Waals surface area contributed by atoms with Crippen molar-refractivity contribution in [1.29, 1.82) is 0 Å². The smallest absolute Gasteiger partial charge is 0.387 e. The molecule has 1 N–H and O–H groups in total. The van der Waals surface area contributed by atoms with Gasteiger partial charge in [-0.2, -0.15) is 8.78 Å². The standard InChI is InChI=1S/C15H19F2N3O3/c16-14(17)23-13-2-1-12(20(21)22)7-11(13)8-19-6-4-15(10-19)3-5-18-9-15/h1-2,7,14,18H,3-6,8-10H2. The Morgan fingerprint density at radius 2 is 2.26 bits per heavy atom. The molecule has 0 saturated carbocycles. The maximum Gasteiger partial charge on any atom is 0.387 e. The molecule has 1 aromatic rings. The van der Waals surface area contributed by atoms with Gasteiger partial charge in [-0.05, 0) is 37.4 Å². The van der Waals surface area contributed by atoms with E-state index >= 15 is 0 Å². The average molecular weight is 327 g/mol. The lowest BCUT2D eigenvalue weighted by molar-refractivity contribution is -0.385. The van der Waals surface area contributed by atoms with Crippen LogP contribution in [0.1, 0.15) is 18.4 Å². The van der Waals surface area contributed by atoms with Crippen LogP contribution in [0.25, 0.3) is 0 Å². The minimum Gasteiger partial charge on any atom is -0.434 e. The van der Waals surface area contributed by atoms with Gasteiger partial charge in [0.15, 0.2) is 0 Å². The molecule has 0 aliphatic carbocycles. The van der Waals surface area contributed by atoms with Crippen molar-refractivity contribution >= 4 is 5.69 Å². The van der Waals surface area contributed by atoms with Crippen LogP contribution in [0.4, 0.5) is 14.5 Å². The number of alkyl halides is 2. The first-order valence-corrected chi connectivity index (χ1v) is 7.63. The summed E-state index contributed by atoms with van der Waals surface area (Å²) in [5.74, 6) is 0.0103. The quantitative estimate of drug-likeness (QED) is 0.664. The molecule has 126 valence electrons. The van der Waals surface area contributed by atoms with Crippen molar-refractivity contribution in [2.24, 2.45) is 5.41 Å². The van der Waals surface area contributed by atoms with E-state index in [9.17, 15) is 18.9 Å². The number of likely N-dealkylation sites (tertiary alicyclic amines) is 1. The lowest BCUT2D eigenvalue weighted by atomic mass is 9.86. The summed E-state index contributed by atoms with van der Waals surface area (Å²) in [6.07, 6.45) is 2.17. The van der Waals surface area contributed by atoms with Gasteiger partial charge in [0.05, 0.1) is 4.92 Å². The van der Waals surface area contributed by atoms with Crippen molar-refractivity contribution in [2.45, 2.75) is 26.0 Å². The molecule has 1 atom stereocenters. The van der Waals surface area contributed by atoms with Crippen LogP contribution in [0.5, 0.6) is 5.75 Å². The zero-order chi connectivity index (χ0) is 16.4. The minimum absolute atomic E-state index is 0.0103. The van der Waals surface area contributed by atoms with Crippen LogP contribution in [-0.2, 0) is 6.54 Å². The number of hydrogen-bond donors (Lipinski definition) is 1. The number of ether oxygens (including phenoxy) is 1. The molecule has 2 aliphatic heterocycles. The van der Waals surface area contributed by atoms with Gasteiger partial charge in [0.2, 0.25) is 0 Å². The fraction of sp³-hybridized carbons (Fsp3) is 0.600. The van der Waals surface area contributed by atoms with Gasteiger partial charge in [0.1, 0.15) is 5.75 Å². The Morgan fingerprint density at radius 1 is 1.43 bits per heavy atom. The van der Waals surface area contributed by atoms with Gasteiger partial charge in [-0.25, -0.2) is 0 Å². The van der Waals surface area contributed by atoms with Gasteiger partial charge in [0, 0.05) is 37.3 Å². The van der Waals surface area contributed by atoms with Crippen LogP contribution in [0, 0.1) is 15.5 Å². The Morgan fingerprint density at radius 3 is 2.91 bits per heavy atom. The summed E-state index contributed by atoms with van der Waals surface area (Å²) in [6.45, 7) is 1.14. The van der Waals surface area contributed by atoms with Crippen molar-refractivity contribution in [1.82, 2.24) is 10.2 Å². The topological polar surface area (TPSA) is 67.6 Å². The van der Waals surface area contributed by atoms with E-state index < -0.39 is 11.5 Å². The fourth-order valence-corrected chi connectivity index (χ4v) is 3.56. The zero-order valence-corrected chi connectivity index (χ0v) is 12.6. The van der Waals surface area contributed by atoms with Crippen LogP contribution >= 0.6 is 0 Å².